The monoisotopic (exact) mass is 316 g/mol. The Bertz CT molecular complexity index is 850. The molecule has 5 rings (SSSR count). The fraction of sp³-hybridized carbons (Fsp3) is 0.300. The van der Waals surface area contributed by atoms with E-state index in [-0.39, 0.29) is 0 Å². The SMILES string of the molecule is c1ccc(N2CC3CN(c4cnc5ccccc5n4)CC3C2)cc1. The number of anilines is 2. The number of fused-ring (bicyclic) bond motifs is 2. The predicted molar refractivity (Wildman–Crippen MR) is 97.4 cm³/mol. The van der Waals surface area contributed by atoms with Crippen molar-refractivity contribution in [3.05, 3.63) is 60.8 Å². The first kappa shape index (κ1) is 13.8. The van der Waals surface area contributed by atoms with E-state index in [4.69, 9.17) is 4.98 Å². The second-order valence-electron chi connectivity index (χ2n) is 6.88. The molecule has 2 aliphatic heterocycles. The quantitative estimate of drug-likeness (QED) is 0.727. The molecule has 0 N–H and O–H groups in total. The van der Waals surface area contributed by atoms with Gasteiger partial charge in [-0.15, -0.1) is 0 Å². The molecule has 0 spiro atoms. The fourth-order valence-corrected chi connectivity index (χ4v) is 4.13. The zero-order chi connectivity index (χ0) is 15.9. The van der Waals surface area contributed by atoms with Crippen molar-refractivity contribution in [1.29, 1.82) is 0 Å². The minimum atomic E-state index is 0.721. The maximum atomic E-state index is 4.81. The van der Waals surface area contributed by atoms with E-state index in [2.05, 4.69) is 45.1 Å². The van der Waals surface area contributed by atoms with E-state index in [1.54, 1.807) is 0 Å². The van der Waals surface area contributed by atoms with Crippen LogP contribution in [0.15, 0.2) is 60.8 Å². The Hall–Kier alpha value is -2.62. The molecule has 0 bridgehead atoms. The topological polar surface area (TPSA) is 32.3 Å². The smallest absolute Gasteiger partial charge is 0.147 e. The van der Waals surface area contributed by atoms with Gasteiger partial charge in [-0.2, -0.15) is 0 Å². The molecule has 4 nitrogen and oxygen atoms in total. The van der Waals surface area contributed by atoms with Crippen molar-refractivity contribution in [3.8, 4) is 0 Å². The van der Waals surface area contributed by atoms with Gasteiger partial charge < -0.3 is 9.80 Å². The summed E-state index contributed by atoms with van der Waals surface area (Å²) >= 11 is 0. The molecule has 0 saturated carbocycles. The highest BCUT2D eigenvalue weighted by atomic mass is 15.3. The van der Waals surface area contributed by atoms with Crippen LogP contribution in [0.4, 0.5) is 11.5 Å². The number of hydrogen-bond donors (Lipinski definition) is 0. The minimum Gasteiger partial charge on any atom is -0.371 e. The number of nitrogens with zero attached hydrogens (tertiary/aromatic N) is 4. The molecule has 2 aliphatic rings. The highest BCUT2D eigenvalue weighted by Gasteiger charge is 2.40. The highest BCUT2D eigenvalue weighted by molar-refractivity contribution is 5.75. The third kappa shape index (κ3) is 2.30. The largest absolute Gasteiger partial charge is 0.371 e. The molecule has 0 radical (unpaired) electrons. The van der Waals surface area contributed by atoms with Crippen LogP contribution in [0.2, 0.25) is 0 Å². The number of rotatable bonds is 2. The summed E-state index contributed by atoms with van der Waals surface area (Å²) in [7, 11) is 0. The first-order valence-electron chi connectivity index (χ1n) is 8.63. The Morgan fingerprint density at radius 2 is 1.33 bits per heavy atom. The van der Waals surface area contributed by atoms with Crippen LogP contribution >= 0.6 is 0 Å². The maximum absolute atomic E-state index is 4.81. The van der Waals surface area contributed by atoms with E-state index < -0.39 is 0 Å². The van der Waals surface area contributed by atoms with E-state index in [0.29, 0.717) is 0 Å². The van der Waals surface area contributed by atoms with Gasteiger partial charge in [-0.05, 0) is 24.3 Å². The van der Waals surface area contributed by atoms with Crippen LogP contribution < -0.4 is 9.80 Å². The van der Waals surface area contributed by atoms with E-state index in [9.17, 15) is 0 Å². The van der Waals surface area contributed by atoms with Crippen LogP contribution in [0, 0.1) is 11.8 Å². The lowest BCUT2D eigenvalue weighted by Crippen LogP contribution is -2.29. The summed E-state index contributed by atoms with van der Waals surface area (Å²) in [5.74, 6) is 2.46. The van der Waals surface area contributed by atoms with Crippen molar-refractivity contribution < 1.29 is 0 Å². The predicted octanol–water partition coefficient (Wildman–Crippen LogP) is 3.20. The summed E-state index contributed by atoms with van der Waals surface area (Å²) in [6.45, 7) is 4.46. The van der Waals surface area contributed by atoms with Crippen LogP contribution in [-0.2, 0) is 0 Å². The Morgan fingerprint density at radius 1 is 0.708 bits per heavy atom. The second kappa shape index (κ2) is 5.48. The molecule has 120 valence electrons. The fourth-order valence-electron chi connectivity index (χ4n) is 4.13. The average Bonchev–Trinajstić information content (AvgIpc) is 3.21. The van der Waals surface area contributed by atoms with Crippen molar-refractivity contribution in [1.82, 2.24) is 9.97 Å². The van der Waals surface area contributed by atoms with Gasteiger partial charge in [0.15, 0.2) is 0 Å². The molecule has 3 aromatic rings. The van der Waals surface area contributed by atoms with Crippen molar-refractivity contribution in [2.24, 2.45) is 11.8 Å². The molecule has 1 aromatic heterocycles. The average molecular weight is 316 g/mol. The normalized spacial score (nSPS) is 23.0. The summed E-state index contributed by atoms with van der Waals surface area (Å²) in [4.78, 5) is 14.3. The summed E-state index contributed by atoms with van der Waals surface area (Å²) in [5.41, 5.74) is 3.30. The van der Waals surface area contributed by atoms with Gasteiger partial charge in [-0.3, -0.25) is 4.98 Å². The van der Waals surface area contributed by atoms with Gasteiger partial charge in [0.25, 0.3) is 0 Å². The van der Waals surface area contributed by atoms with Crippen molar-refractivity contribution >= 4 is 22.5 Å². The van der Waals surface area contributed by atoms with Crippen LogP contribution in [0.25, 0.3) is 11.0 Å². The number of para-hydroxylation sites is 3. The van der Waals surface area contributed by atoms with Gasteiger partial charge in [-0.25, -0.2) is 4.98 Å². The summed E-state index contributed by atoms with van der Waals surface area (Å²) < 4.78 is 0. The van der Waals surface area contributed by atoms with Crippen molar-refractivity contribution in [2.45, 2.75) is 0 Å². The Morgan fingerprint density at radius 3 is 2.08 bits per heavy atom. The van der Waals surface area contributed by atoms with Gasteiger partial charge in [0.2, 0.25) is 0 Å². The molecule has 0 aliphatic carbocycles. The maximum Gasteiger partial charge on any atom is 0.147 e. The van der Waals surface area contributed by atoms with E-state index in [1.807, 2.05) is 30.5 Å². The third-order valence-electron chi connectivity index (χ3n) is 5.37. The molecule has 3 heterocycles. The van der Waals surface area contributed by atoms with Gasteiger partial charge in [-0.1, -0.05) is 30.3 Å². The highest BCUT2D eigenvalue weighted by Crippen LogP contribution is 2.35. The van der Waals surface area contributed by atoms with Crippen molar-refractivity contribution in [3.63, 3.8) is 0 Å². The van der Waals surface area contributed by atoms with Crippen LogP contribution in [0.3, 0.4) is 0 Å². The zero-order valence-corrected chi connectivity index (χ0v) is 13.5. The number of aromatic nitrogens is 2. The molecular formula is C20H20N4. The van der Waals surface area contributed by atoms with Crippen LogP contribution in [0.5, 0.6) is 0 Å². The molecule has 2 unspecified atom stereocenters. The Labute approximate surface area is 141 Å². The summed E-state index contributed by atoms with van der Waals surface area (Å²) in [5, 5.41) is 0. The van der Waals surface area contributed by atoms with E-state index in [0.717, 1.165) is 54.9 Å². The van der Waals surface area contributed by atoms with Crippen LogP contribution in [0.1, 0.15) is 0 Å². The number of hydrogen-bond acceptors (Lipinski definition) is 4. The van der Waals surface area contributed by atoms with E-state index >= 15 is 0 Å². The van der Waals surface area contributed by atoms with Crippen LogP contribution in [-0.4, -0.2) is 36.1 Å². The van der Waals surface area contributed by atoms with Gasteiger partial charge in [0, 0.05) is 43.7 Å². The number of benzene rings is 2. The lowest BCUT2D eigenvalue weighted by Gasteiger charge is -2.23. The van der Waals surface area contributed by atoms with Gasteiger partial charge in [0.1, 0.15) is 5.82 Å². The molecule has 24 heavy (non-hydrogen) atoms. The summed E-state index contributed by atoms with van der Waals surface area (Å²) in [6, 6.07) is 18.9. The first-order valence-corrected chi connectivity index (χ1v) is 8.63. The molecule has 2 saturated heterocycles. The first-order chi connectivity index (χ1) is 11.9. The lowest BCUT2D eigenvalue weighted by atomic mass is 10.0. The molecule has 4 heteroatoms. The molecule has 2 aromatic carbocycles. The Kier molecular flexibility index (Phi) is 3.15. The molecule has 2 atom stereocenters. The Balaban J connectivity index is 1.33. The van der Waals surface area contributed by atoms with Gasteiger partial charge >= 0.3 is 0 Å². The van der Waals surface area contributed by atoms with Gasteiger partial charge in [0.05, 0.1) is 17.2 Å². The molecule has 2 fully saturated rings. The molecule has 0 amide bonds. The van der Waals surface area contributed by atoms with Crippen molar-refractivity contribution in [2.75, 3.05) is 36.0 Å². The lowest BCUT2D eigenvalue weighted by molar-refractivity contribution is 0.533. The summed E-state index contributed by atoms with van der Waals surface area (Å²) in [6.07, 6.45) is 1.93. The zero-order valence-electron chi connectivity index (χ0n) is 13.5. The second-order valence-corrected chi connectivity index (χ2v) is 6.88. The molecular weight excluding hydrogens is 296 g/mol. The minimum absolute atomic E-state index is 0.721. The third-order valence-corrected chi connectivity index (χ3v) is 5.37. The standard InChI is InChI=1S/C20H20N4/c1-2-6-17(7-3-1)23-11-15-13-24(14-16(15)12-23)20-10-21-18-8-4-5-9-19(18)22-20/h1-10,15-16H,11-14H2. The van der Waals surface area contributed by atoms with E-state index in [1.165, 1.54) is 5.69 Å².